The maximum absolute atomic E-state index is 10.6. The van der Waals surface area contributed by atoms with Crippen molar-refractivity contribution in [3.63, 3.8) is 0 Å². The molecule has 2 unspecified atom stereocenters. The molecule has 0 saturated carbocycles. The number of hydrogen-bond donors (Lipinski definition) is 1. The largest absolute Gasteiger partial charge is 0.481 e. The Hall–Kier alpha value is -0.180. The Morgan fingerprint density at radius 2 is 2.50 bits per heavy atom. The maximum Gasteiger partial charge on any atom is 0.307 e. The van der Waals surface area contributed by atoms with Gasteiger partial charge in [-0.1, -0.05) is 6.92 Å². The molecule has 1 N–H and O–H groups in total. The molecule has 0 aromatic heterocycles. The first-order valence-corrected chi connectivity index (χ1v) is 4.65. The van der Waals surface area contributed by atoms with Gasteiger partial charge in [0.25, 0.3) is 0 Å². The van der Waals surface area contributed by atoms with E-state index in [1.807, 2.05) is 6.92 Å². The molecule has 0 spiro atoms. The molecular formula is C7H12O2S. The fourth-order valence-corrected chi connectivity index (χ4v) is 2.22. The van der Waals surface area contributed by atoms with Crippen LogP contribution in [0.1, 0.15) is 19.8 Å². The number of carboxylic acid groups (broad SMARTS) is 1. The summed E-state index contributed by atoms with van der Waals surface area (Å²) < 4.78 is 0. The third kappa shape index (κ3) is 1.45. The van der Waals surface area contributed by atoms with E-state index in [0.717, 1.165) is 18.6 Å². The summed E-state index contributed by atoms with van der Waals surface area (Å²) in [5.74, 6) is 0.424. The Bertz CT molecular complexity index is 132. The van der Waals surface area contributed by atoms with Crippen molar-refractivity contribution < 1.29 is 9.90 Å². The van der Waals surface area contributed by atoms with Gasteiger partial charge in [-0.3, -0.25) is 4.79 Å². The molecule has 1 rings (SSSR count). The van der Waals surface area contributed by atoms with Gasteiger partial charge in [-0.2, -0.15) is 11.8 Å². The van der Waals surface area contributed by atoms with Crippen LogP contribution in [-0.4, -0.2) is 22.1 Å². The van der Waals surface area contributed by atoms with Crippen molar-refractivity contribution in [3.05, 3.63) is 0 Å². The van der Waals surface area contributed by atoms with Crippen LogP contribution in [0, 0.1) is 5.92 Å². The van der Waals surface area contributed by atoms with Crippen LogP contribution in [0.2, 0.25) is 0 Å². The molecule has 58 valence electrons. The molecule has 1 aliphatic heterocycles. The highest BCUT2D eigenvalue weighted by atomic mass is 32.2. The van der Waals surface area contributed by atoms with Crippen LogP contribution in [0.3, 0.4) is 0 Å². The second-order valence-corrected chi connectivity index (χ2v) is 3.90. The summed E-state index contributed by atoms with van der Waals surface area (Å²) in [6.45, 7) is 1.94. The van der Waals surface area contributed by atoms with Crippen molar-refractivity contribution in [2.45, 2.75) is 25.0 Å². The van der Waals surface area contributed by atoms with Crippen LogP contribution in [0.5, 0.6) is 0 Å². The Balaban J connectivity index is 2.39. The van der Waals surface area contributed by atoms with E-state index in [1.54, 1.807) is 11.8 Å². The molecule has 10 heavy (non-hydrogen) atoms. The van der Waals surface area contributed by atoms with Crippen molar-refractivity contribution in [2.24, 2.45) is 5.92 Å². The zero-order valence-corrected chi connectivity index (χ0v) is 6.86. The average Bonchev–Trinajstić information content (AvgIpc) is 1.76. The van der Waals surface area contributed by atoms with Crippen LogP contribution in [0.15, 0.2) is 0 Å². The predicted octanol–water partition coefficient (Wildman–Crippen LogP) is 1.60. The first kappa shape index (κ1) is 7.92. The number of carbonyl (C=O) groups is 1. The monoisotopic (exact) mass is 160 g/mol. The fraction of sp³-hybridized carbons (Fsp3) is 0.857. The molecule has 0 aromatic rings. The van der Waals surface area contributed by atoms with E-state index in [9.17, 15) is 4.79 Å². The van der Waals surface area contributed by atoms with Gasteiger partial charge in [0.2, 0.25) is 0 Å². The topological polar surface area (TPSA) is 37.3 Å². The summed E-state index contributed by atoms with van der Waals surface area (Å²) >= 11 is 1.79. The number of thioether (sulfide) groups is 1. The Morgan fingerprint density at radius 1 is 1.90 bits per heavy atom. The lowest BCUT2D eigenvalue weighted by Crippen LogP contribution is -2.31. The van der Waals surface area contributed by atoms with E-state index in [1.165, 1.54) is 0 Å². The molecule has 2 nitrogen and oxygen atoms in total. The SMILES string of the molecule is CCC(C(=O)O)C1CCS1. The van der Waals surface area contributed by atoms with E-state index >= 15 is 0 Å². The molecule has 0 aromatic carbocycles. The summed E-state index contributed by atoms with van der Waals surface area (Å²) in [5.41, 5.74) is 0. The Labute approximate surface area is 65.0 Å². The van der Waals surface area contributed by atoms with E-state index in [2.05, 4.69) is 0 Å². The van der Waals surface area contributed by atoms with Gasteiger partial charge >= 0.3 is 5.97 Å². The molecule has 3 heteroatoms. The molecule has 1 fully saturated rings. The number of aliphatic carboxylic acids is 1. The summed E-state index contributed by atoms with van der Waals surface area (Å²) in [5, 5.41) is 9.10. The predicted molar refractivity (Wildman–Crippen MR) is 42.3 cm³/mol. The van der Waals surface area contributed by atoms with Crippen LogP contribution in [-0.2, 0) is 4.79 Å². The lowest BCUT2D eigenvalue weighted by Gasteiger charge is -2.29. The second kappa shape index (κ2) is 3.28. The highest BCUT2D eigenvalue weighted by Gasteiger charge is 2.31. The van der Waals surface area contributed by atoms with Crippen molar-refractivity contribution >= 4 is 17.7 Å². The summed E-state index contributed by atoms with van der Waals surface area (Å²) in [4.78, 5) is 10.6. The smallest absolute Gasteiger partial charge is 0.307 e. The third-order valence-electron chi connectivity index (χ3n) is 1.94. The van der Waals surface area contributed by atoms with E-state index in [-0.39, 0.29) is 5.92 Å². The molecular weight excluding hydrogens is 148 g/mol. The van der Waals surface area contributed by atoms with Crippen LogP contribution in [0.4, 0.5) is 0 Å². The van der Waals surface area contributed by atoms with E-state index < -0.39 is 5.97 Å². The van der Waals surface area contributed by atoms with E-state index in [0.29, 0.717) is 5.25 Å². The van der Waals surface area contributed by atoms with Crippen LogP contribution < -0.4 is 0 Å². The molecule has 1 heterocycles. The van der Waals surface area contributed by atoms with Crippen molar-refractivity contribution in [3.8, 4) is 0 Å². The molecule has 0 amide bonds. The fourth-order valence-electron chi connectivity index (χ4n) is 1.17. The minimum absolute atomic E-state index is 0.0984. The Morgan fingerprint density at radius 3 is 2.60 bits per heavy atom. The highest BCUT2D eigenvalue weighted by molar-refractivity contribution is 8.01. The standard InChI is InChI=1S/C7H12O2S/c1-2-5(7(8)9)6-3-4-10-6/h5-6H,2-4H2,1H3,(H,8,9). The Kier molecular flexibility index (Phi) is 2.60. The third-order valence-corrected chi connectivity index (χ3v) is 3.40. The number of hydrogen-bond acceptors (Lipinski definition) is 2. The van der Waals surface area contributed by atoms with Crippen molar-refractivity contribution in [2.75, 3.05) is 5.75 Å². The van der Waals surface area contributed by atoms with Gasteiger partial charge in [0.15, 0.2) is 0 Å². The zero-order chi connectivity index (χ0) is 7.56. The molecule has 0 radical (unpaired) electrons. The molecule has 1 saturated heterocycles. The van der Waals surface area contributed by atoms with Gasteiger partial charge in [0.1, 0.15) is 0 Å². The minimum Gasteiger partial charge on any atom is -0.481 e. The minimum atomic E-state index is -0.625. The van der Waals surface area contributed by atoms with Crippen LogP contribution >= 0.6 is 11.8 Å². The summed E-state index contributed by atoms with van der Waals surface area (Å²) in [6.07, 6.45) is 1.86. The number of rotatable bonds is 3. The first-order chi connectivity index (χ1) is 4.75. The summed E-state index contributed by atoms with van der Waals surface area (Å²) in [6, 6.07) is 0. The van der Waals surface area contributed by atoms with Gasteiger partial charge < -0.3 is 5.11 Å². The first-order valence-electron chi connectivity index (χ1n) is 3.60. The van der Waals surface area contributed by atoms with Crippen molar-refractivity contribution in [1.82, 2.24) is 0 Å². The molecule has 0 aliphatic carbocycles. The maximum atomic E-state index is 10.6. The van der Waals surface area contributed by atoms with Gasteiger partial charge in [-0.05, 0) is 18.6 Å². The normalized spacial score (nSPS) is 27.1. The van der Waals surface area contributed by atoms with Gasteiger partial charge in [0, 0.05) is 5.25 Å². The highest BCUT2D eigenvalue weighted by Crippen LogP contribution is 2.35. The zero-order valence-electron chi connectivity index (χ0n) is 6.04. The molecule has 1 aliphatic rings. The summed E-state index contributed by atoms with van der Waals surface area (Å²) in [7, 11) is 0. The molecule has 0 bridgehead atoms. The van der Waals surface area contributed by atoms with Gasteiger partial charge in [0.05, 0.1) is 5.92 Å². The van der Waals surface area contributed by atoms with Crippen LogP contribution in [0.25, 0.3) is 0 Å². The van der Waals surface area contributed by atoms with Gasteiger partial charge in [-0.15, -0.1) is 0 Å². The lowest BCUT2D eigenvalue weighted by molar-refractivity contribution is -0.141. The lowest BCUT2D eigenvalue weighted by atomic mass is 10.00. The van der Waals surface area contributed by atoms with E-state index in [4.69, 9.17) is 5.11 Å². The number of carboxylic acids is 1. The quantitative estimate of drug-likeness (QED) is 0.681. The molecule has 2 atom stereocenters. The average molecular weight is 160 g/mol. The van der Waals surface area contributed by atoms with Gasteiger partial charge in [-0.25, -0.2) is 0 Å². The second-order valence-electron chi connectivity index (χ2n) is 2.55. The van der Waals surface area contributed by atoms with Crippen molar-refractivity contribution in [1.29, 1.82) is 0 Å².